The van der Waals surface area contributed by atoms with Gasteiger partial charge < -0.3 is 25.8 Å². The van der Waals surface area contributed by atoms with E-state index in [-0.39, 0.29) is 31.9 Å². The van der Waals surface area contributed by atoms with Gasteiger partial charge in [0.15, 0.2) is 0 Å². The predicted octanol–water partition coefficient (Wildman–Crippen LogP) is 10.9. The number of hydrogen-bond donors (Lipinski definition) is 0. The standard InChI is InChI=1S/C32H38N3.3C2H6N.Hf/c1-20(2)26-15-12-16-27(21(3)4)30(26)34-31(29-23(6)17-22(5)18-24(29)7)28-19-35(8)32(33-28)25-13-10-9-11-14-25;3*1-3-2;/h9-21,31H,1-8H3;3*1-2H3;/q4*-1;. The third kappa shape index (κ3) is 12.6. The minimum absolute atomic E-state index is 0. The molecule has 4 aromatic rings. The first kappa shape index (κ1) is 42.4. The molecule has 6 nitrogen and oxygen atoms in total. The first-order valence-corrected chi connectivity index (χ1v) is 15.4. The number of imidazole rings is 1. The van der Waals surface area contributed by atoms with Crippen LogP contribution in [0.15, 0.2) is 66.9 Å². The van der Waals surface area contributed by atoms with Crippen LogP contribution in [0.25, 0.3) is 32.7 Å². The average molecular weight is 775 g/mol. The summed E-state index contributed by atoms with van der Waals surface area (Å²) in [5.41, 5.74) is 10.9. The number of benzene rings is 3. The molecule has 0 saturated heterocycles. The second-order valence-electron chi connectivity index (χ2n) is 11.7. The van der Waals surface area contributed by atoms with E-state index in [4.69, 9.17) is 10.3 Å². The second kappa shape index (κ2) is 22.0. The Morgan fingerprint density at radius 2 is 1.11 bits per heavy atom. The SMILES string of the molecule is C[N-]C.C[N-]C.C[N-]C.Cc1cc(C)c(C([N-]c2c(C(C)C)cccc2C(C)C)c2cn(C)c(-c3ccccc3)n2)c(C)c1.[Hf]. The van der Waals surface area contributed by atoms with E-state index < -0.39 is 0 Å². The molecule has 0 bridgehead atoms. The molecule has 0 spiro atoms. The van der Waals surface area contributed by atoms with Crippen molar-refractivity contribution in [1.82, 2.24) is 9.55 Å². The van der Waals surface area contributed by atoms with E-state index in [1.54, 1.807) is 42.3 Å². The Labute approximate surface area is 294 Å². The smallest absolute Gasteiger partial charge is 0.139 e. The molecular weight excluding hydrogens is 719 g/mol. The molecule has 1 unspecified atom stereocenters. The van der Waals surface area contributed by atoms with Crippen LogP contribution in [0.5, 0.6) is 0 Å². The summed E-state index contributed by atoms with van der Waals surface area (Å²) in [6.07, 6.45) is 2.16. The number of aromatic nitrogens is 2. The number of nitrogens with zero attached hydrogens (tertiary/aromatic N) is 6. The minimum atomic E-state index is -0.184. The maximum atomic E-state index is 5.57. The van der Waals surface area contributed by atoms with Gasteiger partial charge in [-0.25, -0.2) is 4.98 Å². The van der Waals surface area contributed by atoms with Crippen molar-refractivity contribution < 1.29 is 25.8 Å². The molecule has 246 valence electrons. The fourth-order valence-corrected chi connectivity index (χ4v) is 5.17. The van der Waals surface area contributed by atoms with Gasteiger partial charge in [-0.3, -0.25) is 0 Å². The van der Waals surface area contributed by atoms with Crippen LogP contribution in [0.2, 0.25) is 0 Å². The van der Waals surface area contributed by atoms with Crippen LogP contribution in [0.1, 0.15) is 84.6 Å². The number of rotatable bonds is 7. The van der Waals surface area contributed by atoms with Crippen molar-refractivity contribution in [2.24, 2.45) is 7.05 Å². The summed E-state index contributed by atoms with van der Waals surface area (Å²) < 4.78 is 2.13. The maximum absolute atomic E-state index is 5.57. The number of aryl methyl sites for hydroxylation is 4. The molecule has 0 N–H and O–H groups in total. The van der Waals surface area contributed by atoms with Crippen molar-refractivity contribution in [2.75, 3.05) is 42.3 Å². The predicted molar refractivity (Wildman–Crippen MR) is 194 cm³/mol. The zero-order chi connectivity index (χ0) is 33.4. The zero-order valence-corrected chi connectivity index (χ0v) is 33.9. The van der Waals surface area contributed by atoms with E-state index in [2.05, 4.69) is 137 Å². The molecule has 3 aromatic carbocycles. The summed E-state index contributed by atoms with van der Waals surface area (Å²) in [6, 6.07) is 21.4. The average Bonchev–Trinajstić information content (AvgIpc) is 3.34. The van der Waals surface area contributed by atoms with Crippen molar-refractivity contribution in [3.63, 3.8) is 0 Å². The van der Waals surface area contributed by atoms with Crippen molar-refractivity contribution in [3.8, 4) is 11.4 Å². The van der Waals surface area contributed by atoms with Gasteiger partial charge in [-0.2, -0.15) is 42.3 Å². The van der Waals surface area contributed by atoms with E-state index in [1.807, 2.05) is 6.07 Å². The minimum Gasteiger partial charge on any atom is -0.673 e. The summed E-state index contributed by atoms with van der Waals surface area (Å²) in [5, 5.41) is 16.1. The fraction of sp³-hybridized carbons (Fsp3) is 0.447. The Morgan fingerprint density at radius 1 is 0.667 bits per heavy atom. The van der Waals surface area contributed by atoms with Gasteiger partial charge in [0.05, 0.1) is 0 Å². The largest absolute Gasteiger partial charge is 0.673 e. The van der Waals surface area contributed by atoms with E-state index in [0.29, 0.717) is 11.8 Å². The van der Waals surface area contributed by atoms with Crippen molar-refractivity contribution in [2.45, 2.75) is 66.3 Å². The molecular formula is C38H56HfN6-4. The van der Waals surface area contributed by atoms with Crippen molar-refractivity contribution in [3.05, 3.63) is 127 Å². The molecule has 1 heterocycles. The Kier molecular flexibility index (Phi) is 20.8. The summed E-state index contributed by atoms with van der Waals surface area (Å²) in [6.45, 7) is 15.6. The van der Waals surface area contributed by atoms with Crippen molar-refractivity contribution in [1.29, 1.82) is 0 Å². The van der Waals surface area contributed by atoms with Crippen LogP contribution < -0.4 is 0 Å². The van der Waals surface area contributed by atoms with Crippen LogP contribution in [0, 0.1) is 20.8 Å². The Bertz CT molecular complexity index is 1320. The van der Waals surface area contributed by atoms with Gasteiger partial charge in [-0.1, -0.05) is 111 Å². The molecule has 1 atom stereocenters. The molecule has 45 heavy (non-hydrogen) atoms. The van der Waals surface area contributed by atoms with Gasteiger partial charge >= 0.3 is 0 Å². The summed E-state index contributed by atoms with van der Waals surface area (Å²) >= 11 is 0. The summed E-state index contributed by atoms with van der Waals surface area (Å²) in [4.78, 5) is 5.18. The Hall–Kier alpha value is -2.58. The monoisotopic (exact) mass is 776 g/mol. The molecule has 0 amide bonds. The molecule has 7 heteroatoms. The molecule has 0 aliphatic rings. The van der Waals surface area contributed by atoms with Gasteiger partial charge in [-0.05, 0) is 49.8 Å². The quantitative estimate of drug-likeness (QED) is 0.172. The van der Waals surface area contributed by atoms with Crippen LogP contribution in [0.3, 0.4) is 0 Å². The molecule has 0 aliphatic carbocycles. The van der Waals surface area contributed by atoms with Crippen molar-refractivity contribution >= 4 is 5.69 Å². The molecule has 0 aliphatic heterocycles. The maximum Gasteiger partial charge on any atom is 0.139 e. The van der Waals surface area contributed by atoms with Gasteiger partial charge in [0.2, 0.25) is 0 Å². The first-order chi connectivity index (χ1) is 20.9. The van der Waals surface area contributed by atoms with Gasteiger partial charge in [-0.15, -0.1) is 5.69 Å². The van der Waals surface area contributed by atoms with Gasteiger partial charge in [0.1, 0.15) is 5.82 Å². The number of hydrogen-bond acceptors (Lipinski definition) is 1. The normalized spacial score (nSPS) is 10.8. The molecule has 0 saturated carbocycles. The Balaban J connectivity index is 0.00000173. The summed E-state index contributed by atoms with van der Waals surface area (Å²) in [5.74, 6) is 1.73. The molecule has 0 radical (unpaired) electrons. The Morgan fingerprint density at radius 3 is 1.53 bits per heavy atom. The third-order valence-corrected chi connectivity index (χ3v) is 6.82. The third-order valence-electron chi connectivity index (χ3n) is 6.82. The van der Waals surface area contributed by atoms with Gasteiger partial charge in [0, 0.05) is 50.3 Å². The first-order valence-electron chi connectivity index (χ1n) is 15.4. The second-order valence-corrected chi connectivity index (χ2v) is 11.7. The topological polar surface area (TPSA) is 74.2 Å². The fourth-order valence-electron chi connectivity index (χ4n) is 5.17. The van der Waals surface area contributed by atoms with E-state index in [0.717, 1.165) is 22.8 Å². The molecule has 1 aromatic heterocycles. The van der Waals surface area contributed by atoms with Crippen LogP contribution in [-0.2, 0) is 32.9 Å². The van der Waals surface area contributed by atoms with Crippen LogP contribution in [-0.4, -0.2) is 51.8 Å². The number of para-hydroxylation sites is 1. The van der Waals surface area contributed by atoms with Gasteiger partial charge in [0.25, 0.3) is 0 Å². The van der Waals surface area contributed by atoms with E-state index >= 15 is 0 Å². The zero-order valence-electron chi connectivity index (χ0n) is 30.3. The van der Waals surface area contributed by atoms with E-state index in [1.165, 1.54) is 33.4 Å². The molecule has 0 fully saturated rings. The summed E-state index contributed by atoms with van der Waals surface area (Å²) in [7, 11) is 12.6. The van der Waals surface area contributed by atoms with E-state index in [9.17, 15) is 0 Å². The van der Waals surface area contributed by atoms with Crippen LogP contribution in [0.4, 0.5) is 5.69 Å². The van der Waals surface area contributed by atoms with Crippen LogP contribution >= 0.6 is 0 Å². The molecule has 4 rings (SSSR count).